The summed E-state index contributed by atoms with van der Waals surface area (Å²) < 4.78 is 34.0. The smallest absolute Gasteiger partial charge is 0.143 e. The molecule has 0 radical (unpaired) electrons. The second-order valence-electron chi connectivity index (χ2n) is 6.37. The van der Waals surface area contributed by atoms with Crippen LogP contribution in [0, 0.1) is 10.2 Å². The highest BCUT2D eigenvalue weighted by Gasteiger charge is 2.40. The second kappa shape index (κ2) is 7.96. The molecule has 1 aliphatic heterocycles. The molecule has 1 aliphatic rings. The predicted molar refractivity (Wildman–Crippen MR) is 78.9 cm³/mol. The molecule has 1 saturated heterocycles. The molecule has 0 spiro atoms. The lowest BCUT2D eigenvalue weighted by Crippen LogP contribution is -2.68. The summed E-state index contributed by atoms with van der Waals surface area (Å²) in [6.45, 7) is 7.54. The van der Waals surface area contributed by atoms with E-state index < -0.39 is 18.3 Å². The Morgan fingerprint density at radius 3 is 2.10 bits per heavy atom. The zero-order valence-electron chi connectivity index (χ0n) is 12.7. The van der Waals surface area contributed by atoms with Crippen LogP contribution >= 0.6 is 0 Å². The van der Waals surface area contributed by atoms with Gasteiger partial charge in [-0.3, -0.25) is 0 Å². The highest BCUT2D eigenvalue weighted by molar-refractivity contribution is 7.98. The van der Waals surface area contributed by atoms with Crippen LogP contribution in [0.1, 0.15) is 23.7 Å². The van der Waals surface area contributed by atoms with E-state index in [9.17, 15) is 0 Å². The molecule has 0 aromatic heterocycles. The van der Waals surface area contributed by atoms with E-state index in [1.54, 1.807) is 5.56 Å². The molecule has 0 bridgehead atoms. The normalized spacial score (nSPS) is 22.6. The van der Waals surface area contributed by atoms with Gasteiger partial charge in [0.05, 0.1) is 5.38 Å². The fraction of sp³-hybridized carbons (Fsp3) is 0.571. The summed E-state index contributed by atoms with van der Waals surface area (Å²) in [5, 5.41) is 2.42. The van der Waals surface area contributed by atoms with Crippen molar-refractivity contribution >= 4 is 19.0 Å². The second-order valence-corrected chi connectivity index (χ2v) is 15.5. The van der Waals surface area contributed by atoms with Crippen LogP contribution in [0.25, 0.3) is 0 Å². The van der Waals surface area contributed by atoms with Crippen molar-refractivity contribution in [3.8, 4) is 0 Å². The molecule has 0 saturated carbocycles. The molecule has 7 heteroatoms. The number of rotatable bonds is 3. The van der Waals surface area contributed by atoms with Gasteiger partial charge in [-0.25, -0.2) is 18.6 Å². The van der Waals surface area contributed by atoms with Gasteiger partial charge >= 0.3 is 0 Å². The van der Waals surface area contributed by atoms with Crippen LogP contribution in [0.2, 0.25) is 19.6 Å². The molecule has 21 heavy (non-hydrogen) atoms. The van der Waals surface area contributed by atoms with Gasteiger partial charge in [0, 0.05) is 12.0 Å². The molecule has 1 aromatic carbocycles. The predicted octanol–water partition coefficient (Wildman–Crippen LogP) is -0.739. The Morgan fingerprint density at radius 2 is 1.62 bits per heavy atom. The van der Waals surface area contributed by atoms with Crippen molar-refractivity contribution in [3.05, 3.63) is 35.9 Å². The fourth-order valence-electron chi connectivity index (χ4n) is 2.52. The van der Waals surface area contributed by atoms with Gasteiger partial charge in [0.1, 0.15) is 19.1 Å². The fourth-order valence-corrected chi connectivity index (χ4v) is 10.2. The van der Waals surface area contributed by atoms with Crippen molar-refractivity contribution < 1.29 is 28.9 Å². The van der Waals surface area contributed by atoms with Gasteiger partial charge in [-0.05, 0) is 17.3 Å². The highest BCUT2D eigenvalue weighted by Crippen LogP contribution is 2.37. The lowest BCUT2D eigenvalue weighted by molar-refractivity contribution is -2.00. The summed E-state index contributed by atoms with van der Waals surface area (Å²) in [5.41, 5.74) is 1.60. The van der Waals surface area contributed by atoms with E-state index in [0.717, 1.165) is 5.25 Å². The first-order valence-corrected chi connectivity index (χ1v) is 13.5. The van der Waals surface area contributed by atoms with Gasteiger partial charge in [0.25, 0.3) is 0 Å². The molecular weight excluding hydrogens is 328 g/mol. The molecule has 2 atom stereocenters. The van der Waals surface area contributed by atoms with Crippen LogP contribution in [0.15, 0.2) is 30.3 Å². The minimum Gasteiger partial charge on any atom is -0.222 e. The summed E-state index contributed by atoms with van der Waals surface area (Å²) in [5.74, 6) is 1.49. The van der Waals surface area contributed by atoms with Gasteiger partial charge < -0.3 is 0 Å². The van der Waals surface area contributed by atoms with Crippen LogP contribution in [-0.2, 0) is 10.9 Å². The first-order chi connectivity index (χ1) is 9.56. The van der Waals surface area contributed by atoms with Crippen LogP contribution < -0.4 is 18.6 Å². The Bertz CT molecular complexity index is 413. The van der Waals surface area contributed by atoms with E-state index >= 15 is 0 Å². The van der Waals surface area contributed by atoms with E-state index in [-0.39, 0.29) is 0 Å². The molecule has 120 valence electrons. The van der Waals surface area contributed by atoms with Crippen LogP contribution in [-0.4, -0.2) is 19.2 Å². The Labute approximate surface area is 132 Å². The lowest BCUT2D eigenvalue weighted by Gasteiger charge is -2.19. The third-order valence-electron chi connectivity index (χ3n) is 3.06. The summed E-state index contributed by atoms with van der Waals surface area (Å²) in [4.78, 5) is 0. The lowest BCUT2D eigenvalue weighted by atomic mass is 10.1. The highest BCUT2D eigenvalue weighted by atomic mass is 35.7. The summed E-state index contributed by atoms with van der Waals surface area (Å²) in [7, 11) is -5.15. The van der Waals surface area contributed by atoms with Crippen LogP contribution in [0.5, 0.6) is 0 Å². The van der Waals surface area contributed by atoms with Crippen LogP contribution in [0.3, 0.4) is 0 Å². The van der Waals surface area contributed by atoms with Gasteiger partial charge in [0.15, 0.2) is 0 Å². The summed E-state index contributed by atoms with van der Waals surface area (Å²) in [6.07, 6.45) is 2.88. The van der Waals surface area contributed by atoms with E-state index in [0.29, 0.717) is 10.9 Å². The maximum atomic E-state index is 8.49. The molecule has 2 rings (SSSR count). The van der Waals surface area contributed by atoms with E-state index in [1.807, 2.05) is 0 Å². The SMILES string of the molecule is C[Si](C)(C)C[S+]1CCC[C@H]1c1ccccc1.[O-][Cl+3]([O-])([O-])[O-]. The minimum atomic E-state index is -4.94. The molecule has 0 aliphatic carbocycles. The molecule has 1 fully saturated rings. The Morgan fingerprint density at radius 1 is 1.10 bits per heavy atom. The van der Waals surface area contributed by atoms with Crippen LogP contribution in [0.4, 0.5) is 0 Å². The number of hydrogen-bond acceptors (Lipinski definition) is 4. The zero-order valence-corrected chi connectivity index (χ0v) is 15.3. The summed E-state index contributed by atoms with van der Waals surface area (Å²) >= 11 is 0. The minimum absolute atomic E-state index is 0.676. The summed E-state index contributed by atoms with van der Waals surface area (Å²) in [6, 6.07) is 11.2. The maximum Gasteiger partial charge on any atom is 0.143 e. The van der Waals surface area contributed by atoms with Crippen molar-refractivity contribution in [1.29, 1.82) is 0 Å². The van der Waals surface area contributed by atoms with Gasteiger partial charge in [0.2, 0.25) is 0 Å². The molecule has 4 nitrogen and oxygen atoms in total. The largest absolute Gasteiger partial charge is 0.222 e. The van der Waals surface area contributed by atoms with Crippen molar-refractivity contribution in [3.63, 3.8) is 0 Å². The Kier molecular flexibility index (Phi) is 7.19. The van der Waals surface area contributed by atoms with Crippen molar-refractivity contribution in [2.45, 2.75) is 37.7 Å². The maximum absolute atomic E-state index is 8.49. The average molecular weight is 351 g/mol. The Balaban J connectivity index is 0.000000383. The number of benzene rings is 1. The van der Waals surface area contributed by atoms with Gasteiger partial charge in [-0.1, -0.05) is 50.0 Å². The monoisotopic (exact) mass is 350 g/mol. The van der Waals surface area contributed by atoms with Crippen molar-refractivity contribution in [2.75, 3.05) is 11.1 Å². The van der Waals surface area contributed by atoms with E-state index in [1.165, 1.54) is 24.0 Å². The number of hydrogen-bond donors (Lipinski definition) is 0. The quantitative estimate of drug-likeness (QED) is 0.530. The Hall–Kier alpha value is -0.0831. The standard InChI is InChI=1S/C14H23SSi.ClHO4/c1-16(2,3)12-15-11-7-10-14(15)13-8-5-4-6-9-13;2-1(3,4)5/h4-6,8-9,14H,7,10-12H2,1-3H3;(H,2,3,4,5)/q+1;/p-1/t14-,15?;/m0./s1. The third kappa shape index (κ3) is 8.82. The molecule has 1 aromatic rings. The van der Waals surface area contributed by atoms with Gasteiger partial charge in [-0.15, -0.1) is 10.2 Å². The topological polar surface area (TPSA) is 92.2 Å². The van der Waals surface area contributed by atoms with Crippen molar-refractivity contribution in [1.82, 2.24) is 0 Å². The first kappa shape index (κ1) is 19.0. The first-order valence-electron chi connectivity index (χ1n) is 6.89. The molecular formula is C14H23ClO4SSi. The molecule has 0 N–H and O–H groups in total. The molecule has 1 heterocycles. The zero-order chi connectivity index (χ0) is 16.1. The molecule has 0 amide bonds. The average Bonchev–Trinajstić information content (AvgIpc) is 2.73. The van der Waals surface area contributed by atoms with Crippen molar-refractivity contribution in [2.24, 2.45) is 0 Å². The van der Waals surface area contributed by atoms with E-state index in [4.69, 9.17) is 18.6 Å². The number of halogens is 1. The van der Waals surface area contributed by atoms with E-state index in [2.05, 4.69) is 50.0 Å². The molecule has 1 unspecified atom stereocenters. The van der Waals surface area contributed by atoms with Gasteiger partial charge in [-0.2, -0.15) is 0 Å². The third-order valence-corrected chi connectivity index (χ3v) is 10.1.